The number of nitrogens with one attached hydrogen (secondary N) is 1. The zero-order valence-corrected chi connectivity index (χ0v) is 24.4. The molecule has 1 N–H and O–H groups in total. The van der Waals surface area contributed by atoms with E-state index in [-0.39, 0.29) is 63.7 Å². The van der Waals surface area contributed by atoms with Gasteiger partial charge in [0.15, 0.2) is 11.6 Å². The quantitative estimate of drug-likeness (QED) is 0.182. The van der Waals surface area contributed by atoms with E-state index in [9.17, 15) is 19.2 Å². The molecule has 6 aromatic rings. The van der Waals surface area contributed by atoms with Crippen LogP contribution in [0.15, 0.2) is 97.8 Å². The van der Waals surface area contributed by atoms with Gasteiger partial charge in [-0.15, -0.1) is 11.3 Å². The molecular weight excluding hydrogens is 620 g/mol. The minimum atomic E-state index is -0.633. The average Bonchev–Trinajstić information content (AvgIpc) is 3.66. The van der Waals surface area contributed by atoms with Crippen molar-refractivity contribution >= 4 is 78.7 Å². The van der Waals surface area contributed by atoms with Crippen LogP contribution in [0, 0.1) is 0 Å². The second-order valence-electron chi connectivity index (χ2n) is 10.7. The Morgan fingerprint density at radius 3 is 2.38 bits per heavy atom. The molecule has 7 rings (SSSR count). The number of aromatic nitrogens is 4. The van der Waals surface area contributed by atoms with Crippen molar-refractivity contribution in [1.29, 1.82) is 0 Å². The summed E-state index contributed by atoms with van der Waals surface area (Å²) in [5.74, 6) is 0.0961. The van der Waals surface area contributed by atoms with Crippen LogP contribution in [0.5, 0.6) is 5.75 Å². The van der Waals surface area contributed by atoms with E-state index in [1.54, 1.807) is 28.8 Å². The summed E-state index contributed by atoms with van der Waals surface area (Å²) in [4.78, 5) is 56.7. The van der Waals surface area contributed by atoms with Gasteiger partial charge in [-0.05, 0) is 53.6 Å². The minimum absolute atomic E-state index is 0. The van der Waals surface area contributed by atoms with E-state index in [1.165, 1.54) is 18.4 Å². The number of hydrogen-bond donors (Lipinski definition) is 1. The summed E-state index contributed by atoms with van der Waals surface area (Å²) >= 11 is 1.47. The molecule has 222 valence electrons. The molecule has 12 heteroatoms. The molecule has 45 heavy (non-hydrogen) atoms. The van der Waals surface area contributed by atoms with E-state index in [1.807, 2.05) is 54.6 Å². The predicted molar refractivity (Wildman–Crippen MR) is 174 cm³/mol. The van der Waals surface area contributed by atoms with Gasteiger partial charge >= 0.3 is 62.8 Å². The van der Waals surface area contributed by atoms with Gasteiger partial charge in [0.05, 0.1) is 31.1 Å². The van der Waals surface area contributed by atoms with Crippen LogP contribution in [-0.4, -0.2) is 83.6 Å². The molecule has 10 nitrogen and oxygen atoms in total. The summed E-state index contributed by atoms with van der Waals surface area (Å²) < 4.78 is 12.7. The third-order valence-corrected chi connectivity index (χ3v) is 9.15. The Balaban J connectivity index is 0.00000357. The molecule has 3 aromatic carbocycles. The monoisotopic (exact) mass is 646 g/mol. The van der Waals surface area contributed by atoms with Gasteiger partial charge in [-0.1, -0.05) is 65.8 Å². The molecule has 0 atom stereocenters. The van der Waals surface area contributed by atoms with Crippen molar-refractivity contribution in [2.24, 2.45) is 0 Å². The number of ether oxygens (including phenoxy) is 1. The van der Waals surface area contributed by atoms with E-state index in [4.69, 9.17) is 9.26 Å². The Morgan fingerprint density at radius 1 is 0.978 bits per heavy atom. The molecule has 1 fully saturated rings. The summed E-state index contributed by atoms with van der Waals surface area (Å²) in [6.45, 7) is -0.190. The van der Waals surface area contributed by atoms with Crippen LogP contribution in [0.2, 0.25) is 0 Å². The summed E-state index contributed by atoms with van der Waals surface area (Å²) in [6.07, 6.45) is 2.12. The Morgan fingerprint density at radius 2 is 1.69 bits per heavy atom. The number of benzene rings is 3. The van der Waals surface area contributed by atoms with Crippen molar-refractivity contribution in [2.75, 3.05) is 7.11 Å². The fraction of sp³-hybridized carbons (Fsp3) is 0.182. The molecule has 0 bridgehead atoms. The number of aromatic amines is 1. The maximum atomic E-state index is 13.9. The van der Waals surface area contributed by atoms with Gasteiger partial charge in [0.2, 0.25) is 0 Å². The van der Waals surface area contributed by atoms with Gasteiger partial charge in [0, 0.05) is 10.4 Å². The van der Waals surface area contributed by atoms with Crippen LogP contribution in [0.4, 0.5) is 0 Å². The van der Waals surface area contributed by atoms with Gasteiger partial charge in [0.1, 0.15) is 10.6 Å². The summed E-state index contributed by atoms with van der Waals surface area (Å²) in [5, 5.41) is 4.27. The molecule has 0 amide bonds. The Hall–Kier alpha value is -3.65. The SMILES string of the molecule is COc1ccccc1C(=O)Cn1c(=O)c2cc(C3CC3)sc2n(Cc2ccc(-c3ccccc3-c3noc(=O)[nH]3)cc2)c1=O.[KH]. The van der Waals surface area contributed by atoms with Gasteiger partial charge in [-0.3, -0.25) is 28.2 Å². The number of fused-ring (bicyclic) bond motifs is 1. The first kappa shape index (κ1) is 31.3. The molecule has 1 saturated carbocycles. The van der Waals surface area contributed by atoms with Gasteiger partial charge in [-0.2, -0.15) is 0 Å². The fourth-order valence-electron chi connectivity index (χ4n) is 5.43. The number of para-hydroxylation sites is 1. The van der Waals surface area contributed by atoms with Gasteiger partial charge < -0.3 is 4.74 Å². The van der Waals surface area contributed by atoms with Crippen LogP contribution in [0.1, 0.15) is 39.6 Å². The second kappa shape index (κ2) is 13.0. The van der Waals surface area contributed by atoms with E-state index >= 15 is 0 Å². The number of hydrogen-bond acceptors (Lipinski definition) is 8. The number of carbonyl (C=O) groups excluding carboxylic acids is 1. The van der Waals surface area contributed by atoms with Gasteiger partial charge in [0.25, 0.3) is 5.56 Å². The van der Waals surface area contributed by atoms with Crippen LogP contribution in [0.3, 0.4) is 0 Å². The molecule has 0 spiro atoms. The fourth-order valence-corrected chi connectivity index (χ4v) is 6.74. The van der Waals surface area contributed by atoms with Crippen molar-refractivity contribution in [1.82, 2.24) is 19.3 Å². The second-order valence-corrected chi connectivity index (χ2v) is 11.8. The molecule has 0 unspecified atom stereocenters. The molecule has 0 saturated heterocycles. The number of methoxy groups -OCH3 is 1. The van der Waals surface area contributed by atoms with Crippen molar-refractivity contribution in [3.63, 3.8) is 0 Å². The van der Waals surface area contributed by atoms with Crippen LogP contribution >= 0.6 is 11.3 Å². The first-order valence-electron chi connectivity index (χ1n) is 14.1. The molecule has 1 aliphatic rings. The van der Waals surface area contributed by atoms with Crippen molar-refractivity contribution in [3.8, 4) is 28.3 Å². The normalized spacial score (nSPS) is 12.6. The molecule has 1 aliphatic carbocycles. The zero-order chi connectivity index (χ0) is 30.4. The van der Waals surface area contributed by atoms with Crippen LogP contribution in [-0.2, 0) is 13.1 Å². The van der Waals surface area contributed by atoms with Crippen molar-refractivity contribution < 1.29 is 14.1 Å². The number of nitrogens with zero attached hydrogens (tertiary/aromatic N) is 3. The molecular formula is C33H27KN4O6S. The standard InChI is InChI=1S/C33H26N4O6S.K.H/c1-42-27-9-5-4-8-24(27)26(38)18-36-30(39)25-16-28(21-14-15-21)44-31(25)37(33(36)41)17-19-10-12-20(13-11-19)22-6-2-3-7-23(22)29-34-32(40)43-35-29;;/h2-13,16,21H,14-15,17-18H2,1H3,(H,34,35,40);;. The zero-order valence-electron chi connectivity index (χ0n) is 23.6. The summed E-state index contributed by atoms with van der Waals surface area (Å²) in [5.41, 5.74) is 2.57. The number of H-pyrrole nitrogens is 1. The van der Waals surface area contributed by atoms with E-state index in [2.05, 4.69) is 10.1 Å². The molecule has 0 aliphatic heterocycles. The van der Waals surface area contributed by atoms with E-state index in [0.717, 1.165) is 39.0 Å². The predicted octanol–water partition coefficient (Wildman–Crippen LogP) is 4.40. The number of Topliss-reactive ketones (excluding diaryl/α,β-unsaturated/α-hetero) is 1. The van der Waals surface area contributed by atoms with Crippen LogP contribution < -0.4 is 21.7 Å². The number of thiophene rings is 1. The maximum absolute atomic E-state index is 13.9. The average molecular weight is 647 g/mol. The van der Waals surface area contributed by atoms with E-state index < -0.39 is 23.5 Å². The number of ketones is 1. The van der Waals surface area contributed by atoms with E-state index in [0.29, 0.717) is 38.8 Å². The Labute approximate surface area is 302 Å². The van der Waals surface area contributed by atoms with Crippen molar-refractivity contribution in [2.45, 2.75) is 31.8 Å². The number of rotatable bonds is 9. The molecule has 3 heterocycles. The first-order chi connectivity index (χ1) is 21.4. The Bertz CT molecular complexity index is 2220. The molecule has 3 aromatic heterocycles. The topological polar surface area (TPSA) is 129 Å². The van der Waals surface area contributed by atoms with Crippen molar-refractivity contribution in [3.05, 3.63) is 126 Å². The van der Waals surface area contributed by atoms with Gasteiger partial charge in [-0.25, -0.2) is 9.59 Å². The first-order valence-corrected chi connectivity index (χ1v) is 14.9. The third kappa shape index (κ3) is 6.13. The summed E-state index contributed by atoms with van der Waals surface area (Å²) in [7, 11) is 1.47. The number of carbonyl (C=O) groups is 1. The Kier molecular flexibility index (Phi) is 9.04. The molecule has 0 radical (unpaired) electrons. The third-order valence-electron chi connectivity index (χ3n) is 7.83. The summed E-state index contributed by atoms with van der Waals surface area (Å²) in [6, 6.07) is 23.9. The van der Waals surface area contributed by atoms with Crippen LogP contribution in [0.25, 0.3) is 32.7 Å².